The van der Waals surface area contributed by atoms with Crippen LogP contribution in [0.5, 0.6) is 11.5 Å². The molecule has 0 unspecified atom stereocenters. The number of hydrogen-bond acceptors (Lipinski definition) is 4. The fourth-order valence-corrected chi connectivity index (χ4v) is 0.672. The molecule has 0 aliphatic rings. The number of benzene rings is 1. The quantitative estimate of drug-likeness (QED) is 0.653. The molecule has 0 saturated carbocycles. The molecule has 60 valence electrons. The Morgan fingerprint density at radius 2 is 1.17 bits per heavy atom. The van der Waals surface area contributed by atoms with Crippen LogP contribution in [0.1, 0.15) is 0 Å². The van der Waals surface area contributed by atoms with E-state index >= 15 is 0 Å². The molecule has 0 aliphatic heterocycles. The van der Waals surface area contributed by atoms with Gasteiger partial charge in [0.15, 0.2) is 0 Å². The SMILES string of the molecule is O=[C]Oc1ccc(O[C]=O)cc1. The second-order valence-electron chi connectivity index (χ2n) is 1.84. The van der Waals surface area contributed by atoms with Crippen molar-refractivity contribution >= 4 is 12.9 Å². The maximum Gasteiger partial charge on any atom is 0.423 e. The predicted octanol–water partition coefficient (Wildman–Crippen LogP) is 0.579. The van der Waals surface area contributed by atoms with Crippen LogP contribution in [-0.2, 0) is 9.59 Å². The first-order valence-electron chi connectivity index (χ1n) is 3.05. The van der Waals surface area contributed by atoms with E-state index in [-0.39, 0.29) is 0 Å². The average molecular weight is 164 g/mol. The van der Waals surface area contributed by atoms with Crippen molar-refractivity contribution in [2.75, 3.05) is 0 Å². The van der Waals surface area contributed by atoms with Gasteiger partial charge in [-0.25, -0.2) is 9.59 Å². The standard InChI is InChI=1S/C8H4O4/c9-5-11-7-1-2-8(4-3-7)12-6-10/h1-4H. The molecule has 12 heavy (non-hydrogen) atoms. The van der Waals surface area contributed by atoms with Gasteiger partial charge in [-0.1, -0.05) is 0 Å². The molecule has 4 nitrogen and oxygen atoms in total. The highest BCUT2D eigenvalue weighted by atomic mass is 16.5. The minimum absolute atomic E-state index is 0.336. The maximum absolute atomic E-state index is 9.74. The third-order valence-corrected chi connectivity index (χ3v) is 1.14. The molecule has 4 heteroatoms. The van der Waals surface area contributed by atoms with Crippen molar-refractivity contribution in [3.05, 3.63) is 24.3 Å². The molecule has 1 rings (SSSR count). The van der Waals surface area contributed by atoms with Crippen molar-refractivity contribution in [2.45, 2.75) is 0 Å². The van der Waals surface area contributed by atoms with Crippen molar-refractivity contribution in [3.8, 4) is 11.5 Å². The lowest BCUT2D eigenvalue weighted by Gasteiger charge is -1.97. The van der Waals surface area contributed by atoms with E-state index in [0.29, 0.717) is 11.5 Å². The molecule has 0 spiro atoms. The molecule has 0 fully saturated rings. The van der Waals surface area contributed by atoms with Crippen molar-refractivity contribution in [1.82, 2.24) is 0 Å². The van der Waals surface area contributed by atoms with Crippen LogP contribution >= 0.6 is 0 Å². The van der Waals surface area contributed by atoms with E-state index in [9.17, 15) is 9.59 Å². The monoisotopic (exact) mass is 164 g/mol. The Morgan fingerprint density at radius 1 is 0.833 bits per heavy atom. The molecule has 0 bridgehead atoms. The summed E-state index contributed by atoms with van der Waals surface area (Å²) in [6.45, 7) is 2.53. The van der Waals surface area contributed by atoms with E-state index in [1.54, 1.807) is 0 Å². The van der Waals surface area contributed by atoms with Crippen LogP contribution in [0.15, 0.2) is 24.3 Å². The first-order valence-corrected chi connectivity index (χ1v) is 3.05. The summed E-state index contributed by atoms with van der Waals surface area (Å²) >= 11 is 0. The third kappa shape index (κ3) is 2.09. The fraction of sp³-hybridized carbons (Fsp3) is 0. The summed E-state index contributed by atoms with van der Waals surface area (Å²) in [5.74, 6) is 0.673. The average Bonchev–Trinajstić information content (AvgIpc) is 2.09. The van der Waals surface area contributed by atoms with Crippen molar-refractivity contribution < 1.29 is 19.1 Å². The number of rotatable bonds is 4. The van der Waals surface area contributed by atoms with Crippen molar-refractivity contribution in [1.29, 1.82) is 0 Å². The van der Waals surface area contributed by atoms with Gasteiger partial charge in [0.25, 0.3) is 0 Å². The molecular formula is C8H4O4. The summed E-state index contributed by atoms with van der Waals surface area (Å²) in [7, 11) is 0. The third-order valence-electron chi connectivity index (χ3n) is 1.14. The predicted molar refractivity (Wildman–Crippen MR) is 39.1 cm³/mol. The van der Waals surface area contributed by atoms with Gasteiger partial charge in [0, 0.05) is 0 Å². The Kier molecular flexibility index (Phi) is 2.84. The van der Waals surface area contributed by atoms with Crippen LogP contribution in [0.25, 0.3) is 0 Å². The molecule has 2 radical (unpaired) electrons. The number of ether oxygens (including phenoxy) is 2. The highest BCUT2D eigenvalue weighted by Gasteiger charge is 1.94. The van der Waals surface area contributed by atoms with Crippen LogP contribution in [0, 0.1) is 0 Å². The summed E-state index contributed by atoms with van der Waals surface area (Å²) < 4.78 is 8.76. The molecule has 1 aromatic rings. The van der Waals surface area contributed by atoms with Gasteiger partial charge in [0.2, 0.25) is 0 Å². The molecule has 0 heterocycles. The Labute approximate surface area is 68.7 Å². The molecule has 0 N–H and O–H groups in total. The molecule has 0 amide bonds. The molecule has 0 aliphatic carbocycles. The largest absolute Gasteiger partial charge is 0.423 e. The molecule has 1 aromatic carbocycles. The highest BCUT2D eigenvalue weighted by molar-refractivity contribution is 5.49. The van der Waals surface area contributed by atoms with Gasteiger partial charge in [-0.15, -0.1) is 0 Å². The van der Waals surface area contributed by atoms with Gasteiger partial charge in [-0.05, 0) is 24.3 Å². The van der Waals surface area contributed by atoms with Crippen LogP contribution in [0.4, 0.5) is 0 Å². The van der Waals surface area contributed by atoms with E-state index in [1.165, 1.54) is 37.2 Å². The molecule has 0 saturated heterocycles. The Hall–Kier alpha value is -1.84. The zero-order valence-electron chi connectivity index (χ0n) is 5.94. The maximum atomic E-state index is 9.74. The van der Waals surface area contributed by atoms with Gasteiger partial charge in [-0.2, -0.15) is 0 Å². The summed E-state index contributed by atoms with van der Waals surface area (Å²) in [5.41, 5.74) is 0. The van der Waals surface area contributed by atoms with Crippen LogP contribution in [0.3, 0.4) is 0 Å². The second-order valence-corrected chi connectivity index (χ2v) is 1.84. The summed E-state index contributed by atoms with van der Waals surface area (Å²) in [5, 5.41) is 0. The first-order chi connectivity index (χ1) is 5.86. The topological polar surface area (TPSA) is 52.6 Å². The zero-order valence-corrected chi connectivity index (χ0v) is 5.94. The lowest BCUT2D eigenvalue weighted by molar-refractivity contribution is 0.435. The van der Waals surface area contributed by atoms with Crippen molar-refractivity contribution in [3.63, 3.8) is 0 Å². The van der Waals surface area contributed by atoms with Gasteiger partial charge in [0.1, 0.15) is 11.5 Å². The summed E-state index contributed by atoms with van der Waals surface area (Å²) in [6, 6.07) is 5.88. The Balaban J connectivity index is 2.70. The van der Waals surface area contributed by atoms with E-state index in [1.807, 2.05) is 0 Å². The van der Waals surface area contributed by atoms with Gasteiger partial charge < -0.3 is 9.47 Å². The zero-order chi connectivity index (χ0) is 8.81. The number of carbonyl (C=O) groups excluding carboxylic acids is 2. The minimum Gasteiger partial charge on any atom is -0.418 e. The van der Waals surface area contributed by atoms with Gasteiger partial charge in [0.05, 0.1) is 0 Å². The summed E-state index contributed by atoms with van der Waals surface area (Å²) in [4.78, 5) is 19.5. The lowest BCUT2D eigenvalue weighted by atomic mass is 10.3. The summed E-state index contributed by atoms with van der Waals surface area (Å²) in [6.07, 6.45) is 0. The van der Waals surface area contributed by atoms with Gasteiger partial charge >= 0.3 is 12.9 Å². The molecular weight excluding hydrogens is 160 g/mol. The Morgan fingerprint density at radius 3 is 1.42 bits per heavy atom. The van der Waals surface area contributed by atoms with Crippen LogP contribution in [-0.4, -0.2) is 12.9 Å². The van der Waals surface area contributed by atoms with Crippen LogP contribution in [0.2, 0.25) is 0 Å². The molecule has 0 atom stereocenters. The van der Waals surface area contributed by atoms with Crippen LogP contribution < -0.4 is 9.47 Å². The van der Waals surface area contributed by atoms with E-state index in [4.69, 9.17) is 0 Å². The smallest absolute Gasteiger partial charge is 0.418 e. The molecule has 0 aromatic heterocycles. The highest BCUT2D eigenvalue weighted by Crippen LogP contribution is 2.16. The lowest BCUT2D eigenvalue weighted by Crippen LogP contribution is -1.90. The number of hydrogen-bond donors (Lipinski definition) is 0. The Bertz CT molecular complexity index is 236. The second kappa shape index (κ2) is 4.12. The van der Waals surface area contributed by atoms with Gasteiger partial charge in [-0.3, -0.25) is 0 Å². The van der Waals surface area contributed by atoms with Crippen molar-refractivity contribution in [2.24, 2.45) is 0 Å². The van der Waals surface area contributed by atoms with E-state index in [0.717, 1.165) is 0 Å². The normalized spacial score (nSPS) is 8.67. The first kappa shape index (κ1) is 8.26. The fourth-order valence-electron chi connectivity index (χ4n) is 0.672. The van der Waals surface area contributed by atoms with E-state index in [2.05, 4.69) is 9.47 Å². The minimum atomic E-state index is 0.336. The van der Waals surface area contributed by atoms with E-state index < -0.39 is 0 Å².